The number of aliphatic carboxylic acids is 1. The molecule has 1 aliphatic rings. The van der Waals surface area contributed by atoms with Gasteiger partial charge in [0.25, 0.3) is 0 Å². The van der Waals surface area contributed by atoms with E-state index in [1.165, 1.54) is 0 Å². The molecule has 1 unspecified atom stereocenters. The highest BCUT2D eigenvalue weighted by molar-refractivity contribution is 5.78. The molecule has 1 aliphatic heterocycles. The molecule has 2 N–H and O–H groups in total. The number of rotatable bonds is 10. The molecule has 1 aromatic carbocycles. The largest absolute Gasteiger partial charge is 0.491 e. The summed E-state index contributed by atoms with van der Waals surface area (Å²) in [6.45, 7) is 7.50. The number of morpholine rings is 1. The van der Waals surface area contributed by atoms with Crippen molar-refractivity contribution in [3.8, 4) is 5.75 Å². The fraction of sp³-hybridized carbons (Fsp3) is 0.600. The highest BCUT2D eigenvalue weighted by Crippen LogP contribution is 2.21. The van der Waals surface area contributed by atoms with Crippen LogP contribution >= 0.6 is 0 Å². The zero-order chi connectivity index (χ0) is 20.5. The van der Waals surface area contributed by atoms with Crippen molar-refractivity contribution in [2.75, 3.05) is 59.5 Å². The third kappa shape index (κ3) is 7.46. The molecule has 156 valence electrons. The SMILES string of the molecule is Cc1cccc(C)c1OCCNC(=O)CN1CCOC(CN(C)CC(=O)O)C1. The molecule has 2 rings (SSSR count). The number of carbonyl (C=O) groups excluding carboxylic acids is 1. The van der Waals surface area contributed by atoms with Crippen LogP contribution in [0.15, 0.2) is 18.2 Å². The van der Waals surface area contributed by atoms with E-state index >= 15 is 0 Å². The number of carbonyl (C=O) groups is 2. The molecule has 8 heteroatoms. The Bertz CT molecular complexity index is 647. The van der Waals surface area contributed by atoms with Gasteiger partial charge in [-0.2, -0.15) is 0 Å². The second kappa shape index (κ2) is 11.0. The van der Waals surface area contributed by atoms with E-state index in [9.17, 15) is 9.59 Å². The number of amides is 1. The number of nitrogens with one attached hydrogen (secondary N) is 1. The molecule has 1 heterocycles. The summed E-state index contributed by atoms with van der Waals surface area (Å²) in [5.74, 6) is -0.0412. The number of hydrogen-bond donors (Lipinski definition) is 2. The second-order valence-corrected chi connectivity index (χ2v) is 7.24. The van der Waals surface area contributed by atoms with Gasteiger partial charge < -0.3 is 19.9 Å². The van der Waals surface area contributed by atoms with Crippen LogP contribution in [0.5, 0.6) is 5.75 Å². The Labute approximate surface area is 166 Å². The van der Waals surface area contributed by atoms with E-state index in [-0.39, 0.29) is 18.6 Å². The van der Waals surface area contributed by atoms with E-state index < -0.39 is 5.97 Å². The average Bonchev–Trinajstić information content (AvgIpc) is 2.60. The lowest BCUT2D eigenvalue weighted by atomic mass is 10.1. The van der Waals surface area contributed by atoms with Gasteiger partial charge in [0.05, 0.1) is 32.3 Å². The summed E-state index contributed by atoms with van der Waals surface area (Å²) in [6, 6.07) is 6.00. The fourth-order valence-electron chi connectivity index (χ4n) is 3.31. The number of likely N-dealkylation sites (N-methyl/N-ethyl adjacent to an activating group) is 1. The van der Waals surface area contributed by atoms with Crippen molar-refractivity contribution in [3.63, 3.8) is 0 Å². The molecule has 1 atom stereocenters. The minimum absolute atomic E-state index is 0.0271. The van der Waals surface area contributed by atoms with Crippen molar-refractivity contribution in [2.24, 2.45) is 0 Å². The molecular weight excluding hydrogens is 362 g/mol. The van der Waals surface area contributed by atoms with Gasteiger partial charge in [-0.1, -0.05) is 18.2 Å². The number of para-hydroxylation sites is 1. The first kappa shape index (κ1) is 22.1. The van der Waals surface area contributed by atoms with Crippen molar-refractivity contribution in [1.29, 1.82) is 0 Å². The zero-order valence-corrected chi connectivity index (χ0v) is 16.9. The smallest absolute Gasteiger partial charge is 0.317 e. The van der Waals surface area contributed by atoms with Gasteiger partial charge in [-0.3, -0.25) is 19.4 Å². The van der Waals surface area contributed by atoms with E-state index in [2.05, 4.69) is 5.32 Å². The quantitative estimate of drug-likeness (QED) is 0.560. The first-order valence-corrected chi connectivity index (χ1v) is 9.55. The number of ether oxygens (including phenoxy) is 2. The van der Waals surface area contributed by atoms with E-state index in [0.717, 1.165) is 16.9 Å². The number of carboxylic acids is 1. The number of carboxylic acid groups (broad SMARTS) is 1. The molecule has 1 aromatic rings. The predicted molar refractivity (Wildman–Crippen MR) is 106 cm³/mol. The predicted octanol–water partition coefficient (Wildman–Crippen LogP) is 0.516. The van der Waals surface area contributed by atoms with E-state index in [1.807, 2.05) is 36.9 Å². The molecule has 1 saturated heterocycles. The second-order valence-electron chi connectivity index (χ2n) is 7.24. The van der Waals surface area contributed by atoms with Crippen LogP contribution in [0, 0.1) is 13.8 Å². The minimum atomic E-state index is -0.863. The first-order valence-electron chi connectivity index (χ1n) is 9.55. The van der Waals surface area contributed by atoms with Crippen molar-refractivity contribution < 1.29 is 24.2 Å². The monoisotopic (exact) mass is 393 g/mol. The highest BCUT2D eigenvalue weighted by atomic mass is 16.5. The number of hydrogen-bond acceptors (Lipinski definition) is 6. The van der Waals surface area contributed by atoms with Crippen molar-refractivity contribution in [3.05, 3.63) is 29.3 Å². The maximum absolute atomic E-state index is 12.2. The maximum atomic E-state index is 12.2. The van der Waals surface area contributed by atoms with Crippen LogP contribution in [-0.4, -0.2) is 92.4 Å². The van der Waals surface area contributed by atoms with Crippen LogP contribution < -0.4 is 10.1 Å². The molecule has 0 spiro atoms. The van der Waals surface area contributed by atoms with E-state index in [4.69, 9.17) is 14.6 Å². The first-order chi connectivity index (χ1) is 13.3. The van der Waals surface area contributed by atoms with Crippen LogP contribution in [-0.2, 0) is 14.3 Å². The molecule has 0 radical (unpaired) electrons. The summed E-state index contributed by atoms with van der Waals surface area (Å²) in [5, 5.41) is 11.7. The van der Waals surface area contributed by atoms with Crippen molar-refractivity contribution in [1.82, 2.24) is 15.1 Å². The summed E-state index contributed by atoms with van der Waals surface area (Å²) in [4.78, 5) is 26.7. The molecule has 0 bridgehead atoms. The Morgan fingerprint density at radius 3 is 2.75 bits per heavy atom. The third-order valence-corrected chi connectivity index (χ3v) is 4.59. The molecule has 1 fully saturated rings. The lowest BCUT2D eigenvalue weighted by Gasteiger charge is -2.34. The summed E-state index contributed by atoms with van der Waals surface area (Å²) in [7, 11) is 1.75. The molecule has 0 saturated carbocycles. The number of aryl methyl sites for hydroxylation is 2. The molecule has 0 aliphatic carbocycles. The van der Waals surface area contributed by atoms with E-state index in [1.54, 1.807) is 11.9 Å². The van der Waals surface area contributed by atoms with Crippen LogP contribution in [0.3, 0.4) is 0 Å². The fourth-order valence-corrected chi connectivity index (χ4v) is 3.31. The summed E-state index contributed by atoms with van der Waals surface area (Å²) in [5.41, 5.74) is 2.16. The summed E-state index contributed by atoms with van der Waals surface area (Å²) >= 11 is 0. The van der Waals surface area contributed by atoms with Gasteiger partial charge in [-0.15, -0.1) is 0 Å². The van der Waals surface area contributed by atoms with E-state index in [0.29, 0.717) is 45.9 Å². The summed E-state index contributed by atoms with van der Waals surface area (Å²) < 4.78 is 11.5. The maximum Gasteiger partial charge on any atom is 0.317 e. The third-order valence-electron chi connectivity index (χ3n) is 4.59. The Kier molecular flexibility index (Phi) is 8.69. The normalized spacial score (nSPS) is 17.5. The van der Waals surface area contributed by atoms with Gasteiger partial charge in [0.15, 0.2) is 0 Å². The Morgan fingerprint density at radius 1 is 1.36 bits per heavy atom. The minimum Gasteiger partial charge on any atom is -0.491 e. The molecule has 0 aromatic heterocycles. The molecular formula is C20H31N3O5. The van der Waals surface area contributed by atoms with Gasteiger partial charge in [0.2, 0.25) is 5.91 Å². The van der Waals surface area contributed by atoms with Crippen molar-refractivity contribution >= 4 is 11.9 Å². The van der Waals surface area contributed by atoms with Gasteiger partial charge in [0.1, 0.15) is 12.4 Å². The number of nitrogens with zero attached hydrogens (tertiary/aromatic N) is 2. The van der Waals surface area contributed by atoms with Crippen molar-refractivity contribution in [2.45, 2.75) is 20.0 Å². The standard InChI is InChI=1S/C20H31N3O5/c1-15-5-4-6-16(2)20(15)28-9-7-21-18(24)13-23-8-10-27-17(12-23)11-22(3)14-19(25)26/h4-6,17H,7-14H2,1-3H3,(H,21,24)(H,25,26). The lowest BCUT2D eigenvalue weighted by Crippen LogP contribution is -2.50. The Balaban J connectivity index is 1.67. The van der Waals surface area contributed by atoms with Crippen LogP contribution in [0.25, 0.3) is 0 Å². The lowest BCUT2D eigenvalue weighted by molar-refractivity contribution is -0.138. The van der Waals surface area contributed by atoms with Crippen LogP contribution in [0.4, 0.5) is 0 Å². The Morgan fingerprint density at radius 2 is 2.07 bits per heavy atom. The zero-order valence-electron chi connectivity index (χ0n) is 16.9. The van der Waals surface area contributed by atoms with Crippen LogP contribution in [0.2, 0.25) is 0 Å². The van der Waals surface area contributed by atoms with Crippen LogP contribution in [0.1, 0.15) is 11.1 Å². The molecule has 1 amide bonds. The van der Waals surface area contributed by atoms with Gasteiger partial charge in [-0.05, 0) is 32.0 Å². The summed E-state index contributed by atoms with van der Waals surface area (Å²) in [6.07, 6.45) is -0.0988. The topological polar surface area (TPSA) is 91.3 Å². The number of benzene rings is 1. The highest BCUT2D eigenvalue weighted by Gasteiger charge is 2.23. The molecule has 8 nitrogen and oxygen atoms in total. The average molecular weight is 393 g/mol. The Hall–Kier alpha value is -2.16. The van der Waals surface area contributed by atoms with Gasteiger partial charge >= 0.3 is 5.97 Å². The molecule has 28 heavy (non-hydrogen) atoms. The van der Waals surface area contributed by atoms with Gasteiger partial charge in [-0.25, -0.2) is 0 Å². The van der Waals surface area contributed by atoms with Gasteiger partial charge in [0, 0.05) is 19.6 Å².